The minimum absolute atomic E-state index is 0.440. The Morgan fingerprint density at radius 1 is 1.04 bits per heavy atom. The number of thiocarbonyl (C=S) groups is 2. The Balaban J connectivity index is 1.61. The molecule has 4 N–H and O–H groups in total. The van der Waals surface area contributed by atoms with Gasteiger partial charge >= 0.3 is 0 Å². The minimum Gasteiger partial charge on any atom is -0.361 e. The number of benzene rings is 1. The van der Waals surface area contributed by atoms with Crippen LogP contribution in [0.5, 0.6) is 0 Å². The van der Waals surface area contributed by atoms with Crippen molar-refractivity contribution < 1.29 is 0 Å². The Bertz CT molecular complexity index is 535. The summed E-state index contributed by atoms with van der Waals surface area (Å²) < 4.78 is 0. The zero-order valence-electron chi connectivity index (χ0n) is 14.5. The standard InChI is InChI=1S/C18H28N4S2/c1-13-7-6-10-16(14(13)2)20-18(24)22-21-17(23)19-12-11-15-8-4-3-5-9-15/h3-5,8-9,13-14,16H,6-7,10-12H2,1-2H3,(H2,19,21,23)(H2,20,22,24)/t13-,14-,16-/m1/s1. The van der Waals surface area contributed by atoms with Crippen LogP contribution in [-0.2, 0) is 6.42 Å². The lowest BCUT2D eigenvalue weighted by molar-refractivity contribution is 0.224. The van der Waals surface area contributed by atoms with Gasteiger partial charge < -0.3 is 10.6 Å². The molecule has 24 heavy (non-hydrogen) atoms. The van der Waals surface area contributed by atoms with E-state index in [-0.39, 0.29) is 0 Å². The second-order valence-electron chi connectivity index (χ2n) is 6.59. The minimum atomic E-state index is 0.440. The van der Waals surface area contributed by atoms with Gasteiger partial charge in [-0.05, 0) is 54.7 Å². The lowest BCUT2D eigenvalue weighted by Gasteiger charge is -2.35. The van der Waals surface area contributed by atoms with Crippen molar-refractivity contribution in [3.63, 3.8) is 0 Å². The summed E-state index contributed by atoms with van der Waals surface area (Å²) in [4.78, 5) is 0. The highest BCUT2D eigenvalue weighted by Crippen LogP contribution is 2.29. The first kappa shape index (κ1) is 18.9. The van der Waals surface area contributed by atoms with Crippen LogP contribution in [0, 0.1) is 11.8 Å². The largest absolute Gasteiger partial charge is 0.361 e. The van der Waals surface area contributed by atoms with E-state index in [1.54, 1.807) is 0 Å². The third-order valence-electron chi connectivity index (χ3n) is 4.85. The molecule has 1 aliphatic carbocycles. The summed E-state index contributed by atoms with van der Waals surface area (Å²) in [5.41, 5.74) is 7.22. The van der Waals surface area contributed by atoms with E-state index in [0.29, 0.717) is 22.2 Å². The smallest absolute Gasteiger partial charge is 0.185 e. The molecule has 6 heteroatoms. The summed E-state index contributed by atoms with van der Waals surface area (Å²) >= 11 is 10.6. The molecule has 0 aliphatic heterocycles. The molecule has 0 aromatic heterocycles. The number of hydrogen-bond acceptors (Lipinski definition) is 2. The average Bonchev–Trinajstić information content (AvgIpc) is 2.58. The topological polar surface area (TPSA) is 48.1 Å². The van der Waals surface area contributed by atoms with Crippen LogP contribution in [0.3, 0.4) is 0 Å². The monoisotopic (exact) mass is 364 g/mol. The Hall–Kier alpha value is -1.40. The van der Waals surface area contributed by atoms with Gasteiger partial charge in [-0.25, -0.2) is 0 Å². The Morgan fingerprint density at radius 3 is 2.50 bits per heavy atom. The van der Waals surface area contributed by atoms with Crippen molar-refractivity contribution in [2.75, 3.05) is 6.54 Å². The fourth-order valence-corrected chi connectivity index (χ4v) is 3.47. The Morgan fingerprint density at radius 2 is 1.75 bits per heavy atom. The fraction of sp³-hybridized carbons (Fsp3) is 0.556. The SMILES string of the molecule is C[C@@H]1[C@H](C)CCC[C@H]1NC(=S)NNC(=S)NCCc1ccccc1. The molecule has 1 saturated carbocycles. The summed E-state index contributed by atoms with van der Waals surface area (Å²) in [5.74, 6) is 1.38. The molecule has 0 amide bonds. The molecule has 2 rings (SSSR count). The summed E-state index contributed by atoms with van der Waals surface area (Å²) in [5, 5.41) is 7.74. The molecule has 0 spiro atoms. The zero-order valence-corrected chi connectivity index (χ0v) is 16.1. The van der Waals surface area contributed by atoms with Gasteiger partial charge in [0.15, 0.2) is 10.2 Å². The highest BCUT2D eigenvalue weighted by Gasteiger charge is 2.27. The molecule has 3 atom stereocenters. The first-order valence-electron chi connectivity index (χ1n) is 8.70. The Labute approximate surface area is 156 Å². The van der Waals surface area contributed by atoms with Crippen molar-refractivity contribution in [1.29, 1.82) is 0 Å². The van der Waals surface area contributed by atoms with Crippen LogP contribution in [0.1, 0.15) is 38.7 Å². The number of hydrazine groups is 1. The molecule has 4 nitrogen and oxygen atoms in total. The molecule has 1 fully saturated rings. The van der Waals surface area contributed by atoms with Crippen molar-refractivity contribution in [2.24, 2.45) is 11.8 Å². The van der Waals surface area contributed by atoms with E-state index in [2.05, 4.69) is 47.5 Å². The predicted molar refractivity (Wildman–Crippen MR) is 109 cm³/mol. The summed E-state index contributed by atoms with van der Waals surface area (Å²) in [6.07, 6.45) is 4.68. The van der Waals surface area contributed by atoms with Crippen molar-refractivity contribution in [1.82, 2.24) is 21.5 Å². The van der Waals surface area contributed by atoms with Gasteiger partial charge in [0.1, 0.15) is 0 Å². The van der Waals surface area contributed by atoms with Gasteiger partial charge in [-0.2, -0.15) is 0 Å². The molecule has 0 unspecified atom stereocenters. The van der Waals surface area contributed by atoms with Crippen LogP contribution in [0.15, 0.2) is 30.3 Å². The number of hydrogen-bond donors (Lipinski definition) is 4. The number of nitrogens with one attached hydrogen (secondary N) is 4. The maximum Gasteiger partial charge on any atom is 0.185 e. The van der Waals surface area contributed by atoms with E-state index in [9.17, 15) is 0 Å². The Kier molecular flexibility index (Phi) is 7.72. The first-order chi connectivity index (χ1) is 11.6. The highest BCUT2D eigenvalue weighted by atomic mass is 32.1. The van der Waals surface area contributed by atoms with Gasteiger partial charge in [-0.1, -0.05) is 57.0 Å². The molecular weight excluding hydrogens is 336 g/mol. The van der Waals surface area contributed by atoms with Crippen LogP contribution >= 0.6 is 24.4 Å². The lowest BCUT2D eigenvalue weighted by atomic mass is 9.78. The number of rotatable bonds is 4. The summed E-state index contributed by atoms with van der Waals surface area (Å²) in [7, 11) is 0. The van der Waals surface area contributed by atoms with Crippen molar-refractivity contribution >= 4 is 34.7 Å². The van der Waals surface area contributed by atoms with Gasteiger partial charge in [-0.3, -0.25) is 10.9 Å². The van der Waals surface area contributed by atoms with Gasteiger partial charge in [-0.15, -0.1) is 0 Å². The van der Waals surface area contributed by atoms with Gasteiger partial charge in [0.05, 0.1) is 0 Å². The van der Waals surface area contributed by atoms with Gasteiger partial charge in [0.25, 0.3) is 0 Å². The van der Waals surface area contributed by atoms with E-state index in [1.807, 2.05) is 18.2 Å². The van der Waals surface area contributed by atoms with Crippen LogP contribution in [-0.4, -0.2) is 22.8 Å². The first-order valence-corrected chi connectivity index (χ1v) is 9.52. The van der Waals surface area contributed by atoms with Gasteiger partial charge in [0, 0.05) is 12.6 Å². The molecule has 1 aromatic rings. The van der Waals surface area contributed by atoms with E-state index >= 15 is 0 Å². The fourth-order valence-electron chi connectivity index (χ4n) is 3.11. The van der Waals surface area contributed by atoms with E-state index < -0.39 is 0 Å². The van der Waals surface area contributed by atoms with Crippen molar-refractivity contribution in [2.45, 2.75) is 45.6 Å². The van der Waals surface area contributed by atoms with Gasteiger partial charge in [0.2, 0.25) is 0 Å². The quantitative estimate of drug-likeness (QED) is 0.487. The van der Waals surface area contributed by atoms with Crippen molar-refractivity contribution in [3.8, 4) is 0 Å². The maximum absolute atomic E-state index is 5.36. The molecule has 0 heterocycles. The lowest BCUT2D eigenvalue weighted by Crippen LogP contribution is -2.54. The third kappa shape index (κ3) is 6.24. The second-order valence-corrected chi connectivity index (χ2v) is 7.41. The molecule has 0 saturated heterocycles. The maximum atomic E-state index is 5.36. The van der Waals surface area contributed by atoms with Crippen LogP contribution < -0.4 is 21.5 Å². The van der Waals surface area contributed by atoms with Crippen LogP contribution in [0.2, 0.25) is 0 Å². The van der Waals surface area contributed by atoms with E-state index in [4.69, 9.17) is 24.4 Å². The second kappa shape index (κ2) is 9.79. The zero-order chi connectivity index (χ0) is 17.4. The van der Waals surface area contributed by atoms with Crippen LogP contribution in [0.25, 0.3) is 0 Å². The molecule has 0 radical (unpaired) electrons. The molecular formula is C18H28N4S2. The summed E-state index contributed by atoms with van der Waals surface area (Å²) in [6, 6.07) is 10.8. The third-order valence-corrected chi connectivity index (χ3v) is 5.32. The van der Waals surface area contributed by atoms with E-state index in [1.165, 1.54) is 24.8 Å². The average molecular weight is 365 g/mol. The van der Waals surface area contributed by atoms with Crippen LogP contribution in [0.4, 0.5) is 0 Å². The predicted octanol–water partition coefficient (Wildman–Crippen LogP) is 2.90. The highest BCUT2D eigenvalue weighted by molar-refractivity contribution is 7.80. The van der Waals surface area contributed by atoms with E-state index in [0.717, 1.165) is 18.9 Å². The normalized spacial score (nSPS) is 23.2. The molecule has 1 aliphatic rings. The summed E-state index contributed by atoms with van der Waals surface area (Å²) in [6.45, 7) is 5.40. The van der Waals surface area contributed by atoms with Crippen molar-refractivity contribution in [3.05, 3.63) is 35.9 Å². The molecule has 0 bridgehead atoms. The molecule has 1 aromatic carbocycles. The molecule has 132 valence electrons.